The van der Waals surface area contributed by atoms with E-state index in [-0.39, 0.29) is 17.9 Å². The van der Waals surface area contributed by atoms with Crippen molar-refractivity contribution in [1.29, 1.82) is 0 Å². The molecule has 2 atom stereocenters. The molecule has 1 rings (SSSR count). The van der Waals surface area contributed by atoms with Crippen LogP contribution in [-0.4, -0.2) is 30.2 Å². The standard InChI is InChI=1S/C13H26N2O2/c1-12(2)6-10(14)7-13(3,8-12)9-15-5-4-11(16)17/h10,15H,4-9,14H2,1-3H3,(H,16,17)/t10-,13+/m0/s1. The minimum absolute atomic E-state index is 0.186. The lowest BCUT2D eigenvalue weighted by Crippen LogP contribution is -2.46. The third kappa shape index (κ3) is 5.04. The first-order valence-electron chi connectivity index (χ1n) is 6.41. The van der Waals surface area contributed by atoms with E-state index in [0.29, 0.717) is 12.0 Å². The van der Waals surface area contributed by atoms with Crippen molar-refractivity contribution in [2.45, 2.75) is 52.5 Å². The molecule has 100 valence electrons. The van der Waals surface area contributed by atoms with E-state index in [4.69, 9.17) is 10.8 Å². The van der Waals surface area contributed by atoms with Gasteiger partial charge in [-0.1, -0.05) is 20.8 Å². The molecule has 17 heavy (non-hydrogen) atoms. The zero-order valence-corrected chi connectivity index (χ0v) is 11.3. The van der Waals surface area contributed by atoms with Gasteiger partial charge < -0.3 is 16.2 Å². The van der Waals surface area contributed by atoms with E-state index in [9.17, 15) is 4.79 Å². The molecule has 4 nitrogen and oxygen atoms in total. The van der Waals surface area contributed by atoms with Gasteiger partial charge in [-0.2, -0.15) is 0 Å². The van der Waals surface area contributed by atoms with Gasteiger partial charge in [-0.3, -0.25) is 4.79 Å². The number of aliphatic carboxylic acids is 1. The van der Waals surface area contributed by atoms with E-state index >= 15 is 0 Å². The molecule has 0 unspecified atom stereocenters. The lowest BCUT2D eigenvalue weighted by atomic mass is 9.63. The molecule has 0 amide bonds. The summed E-state index contributed by atoms with van der Waals surface area (Å²) in [5, 5.41) is 11.8. The molecule has 0 saturated heterocycles. The van der Waals surface area contributed by atoms with Gasteiger partial charge in [-0.15, -0.1) is 0 Å². The Hall–Kier alpha value is -0.610. The first-order chi connectivity index (χ1) is 7.72. The van der Waals surface area contributed by atoms with E-state index in [2.05, 4.69) is 26.1 Å². The molecule has 4 N–H and O–H groups in total. The fourth-order valence-electron chi connectivity index (χ4n) is 3.43. The van der Waals surface area contributed by atoms with Gasteiger partial charge >= 0.3 is 5.97 Å². The molecule has 1 saturated carbocycles. The van der Waals surface area contributed by atoms with Crippen LogP contribution in [0.3, 0.4) is 0 Å². The van der Waals surface area contributed by atoms with E-state index < -0.39 is 5.97 Å². The molecule has 0 radical (unpaired) electrons. The van der Waals surface area contributed by atoms with Gasteiger partial charge in [0.1, 0.15) is 0 Å². The molecule has 1 fully saturated rings. The van der Waals surface area contributed by atoms with Crippen molar-refractivity contribution in [2.75, 3.05) is 13.1 Å². The van der Waals surface area contributed by atoms with Crippen LogP contribution in [0.25, 0.3) is 0 Å². The molecule has 0 heterocycles. The highest BCUT2D eigenvalue weighted by Gasteiger charge is 2.39. The molecular weight excluding hydrogens is 216 g/mol. The zero-order chi connectivity index (χ0) is 13.1. The minimum atomic E-state index is -0.747. The SMILES string of the molecule is CC1(C)C[C@H](N)C[C@@](C)(CNCCC(=O)O)C1. The Morgan fingerprint density at radius 1 is 1.41 bits per heavy atom. The fraction of sp³-hybridized carbons (Fsp3) is 0.923. The first-order valence-corrected chi connectivity index (χ1v) is 6.41. The second-order valence-corrected chi connectivity index (χ2v) is 6.64. The van der Waals surface area contributed by atoms with Gasteiger partial charge in [0.15, 0.2) is 0 Å². The van der Waals surface area contributed by atoms with E-state index in [1.54, 1.807) is 0 Å². The Labute approximate surface area is 104 Å². The van der Waals surface area contributed by atoms with Crippen LogP contribution in [0.2, 0.25) is 0 Å². The van der Waals surface area contributed by atoms with Crippen molar-refractivity contribution < 1.29 is 9.90 Å². The fourth-order valence-corrected chi connectivity index (χ4v) is 3.43. The highest BCUT2D eigenvalue weighted by atomic mass is 16.4. The molecule has 0 aromatic carbocycles. The van der Waals surface area contributed by atoms with E-state index in [0.717, 1.165) is 25.8 Å². The predicted molar refractivity (Wildman–Crippen MR) is 68.8 cm³/mol. The van der Waals surface area contributed by atoms with Gasteiger partial charge in [-0.25, -0.2) is 0 Å². The number of nitrogens with one attached hydrogen (secondary N) is 1. The van der Waals surface area contributed by atoms with Gasteiger partial charge in [0.25, 0.3) is 0 Å². The summed E-state index contributed by atoms with van der Waals surface area (Å²) in [6.07, 6.45) is 3.44. The number of carboxylic acids is 1. The summed E-state index contributed by atoms with van der Waals surface area (Å²) >= 11 is 0. The van der Waals surface area contributed by atoms with Crippen molar-refractivity contribution >= 4 is 5.97 Å². The first kappa shape index (κ1) is 14.5. The van der Waals surface area contributed by atoms with Crippen LogP contribution in [0.1, 0.15) is 46.5 Å². The van der Waals surface area contributed by atoms with Gasteiger partial charge in [0.05, 0.1) is 6.42 Å². The summed E-state index contributed by atoms with van der Waals surface area (Å²) in [6, 6.07) is 0.269. The van der Waals surface area contributed by atoms with Gasteiger partial charge in [0, 0.05) is 19.1 Å². The summed E-state index contributed by atoms with van der Waals surface area (Å²) in [4.78, 5) is 10.4. The van der Waals surface area contributed by atoms with Crippen molar-refractivity contribution in [2.24, 2.45) is 16.6 Å². The number of hydrogen-bond acceptors (Lipinski definition) is 3. The summed E-state index contributed by atoms with van der Waals surface area (Å²) in [7, 11) is 0. The maximum atomic E-state index is 10.4. The lowest BCUT2D eigenvalue weighted by molar-refractivity contribution is -0.136. The Balaban J connectivity index is 2.41. The summed E-state index contributed by atoms with van der Waals surface area (Å²) in [5.74, 6) is -0.747. The van der Waals surface area contributed by atoms with Crippen LogP contribution in [0, 0.1) is 10.8 Å². The second-order valence-electron chi connectivity index (χ2n) is 6.64. The van der Waals surface area contributed by atoms with Crippen molar-refractivity contribution in [3.8, 4) is 0 Å². The predicted octanol–water partition coefficient (Wildman–Crippen LogP) is 1.59. The quantitative estimate of drug-likeness (QED) is 0.640. The third-order valence-electron chi connectivity index (χ3n) is 3.54. The maximum absolute atomic E-state index is 10.4. The number of nitrogens with two attached hydrogens (primary N) is 1. The average molecular weight is 242 g/mol. The molecule has 0 spiro atoms. The lowest BCUT2D eigenvalue weighted by Gasteiger charge is -2.46. The Morgan fingerprint density at radius 2 is 2.06 bits per heavy atom. The number of hydrogen-bond donors (Lipinski definition) is 3. The Kier molecular flexibility index (Phi) is 4.55. The second kappa shape index (κ2) is 5.36. The normalized spacial score (nSPS) is 32.4. The number of carbonyl (C=O) groups is 1. The van der Waals surface area contributed by atoms with Crippen LogP contribution in [0.5, 0.6) is 0 Å². The summed E-state index contributed by atoms with van der Waals surface area (Å²) < 4.78 is 0. The third-order valence-corrected chi connectivity index (χ3v) is 3.54. The summed E-state index contributed by atoms with van der Waals surface area (Å²) in [6.45, 7) is 8.18. The molecule has 0 bridgehead atoms. The van der Waals surface area contributed by atoms with Crippen molar-refractivity contribution in [1.82, 2.24) is 5.32 Å². The molecule has 1 aliphatic rings. The Bertz CT molecular complexity index is 279. The molecule has 0 aliphatic heterocycles. The highest BCUT2D eigenvalue weighted by Crippen LogP contribution is 2.45. The molecular formula is C13H26N2O2. The zero-order valence-electron chi connectivity index (χ0n) is 11.3. The Morgan fingerprint density at radius 3 is 2.59 bits per heavy atom. The smallest absolute Gasteiger partial charge is 0.304 e. The largest absolute Gasteiger partial charge is 0.481 e. The average Bonchev–Trinajstić information content (AvgIpc) is 2.07. The topological polar surface area (TPSA) is 75.3 Å². The van der Waals surface area contributed by atoms with E-state index in [1.807, 2.05) is 0 Å². The molecule has 0 aromatic rings. The van der Waals surface area contributed by atoms with Gasteiger partial charge in [-0.05, 0) is 30.1 Å². The minimum Gasteiger partial charge on any atom is -0.481 e. The van der Waals surface area contributed by atoms with Crippen LogP contribution < -0.4 is 11.1 Å². The van der Waals surface area contributed by atoms with E-state index in [1.165, 1.54) is 0 Å². The van der Waals surface area contributed by atoms with Crippen molar-refractivity contribution in [3.05, 3.63) is 0 Å². The molecule has 1 aliphatic carbocycles. The highest BCUT2D eigenvalue weighted by molar-refractivity contribution is 5.66. The van der Waals surface area contributed by atoms with Crippen molar-refractivity contribution in [3.63, 3.8) is 0 Å². The van der Waals surface area contributed by atoms with Crippen LogP contribution in [-0.2, 0) is 4.79 Å². The molecule has 0 aromatic heterocycles. The van der Waals surface area contributed by atoms with Gasteiger partial charge in [0.2, 0.25) is 0 Å². The maximum Gasteiger partial charge on any atom is 0.304 e. The monoisotopic (exact) mass is 242 g/mol. The van der Waals surface area contributed by atoms with Crippen LogP contribution in [0.4, 0.5) is 0 Å². The molecule has 4 heteroatoms. The van der Waals surface area contributed by atoms with Crippen LogP contribution >= 0.6 is 0 Å². The summed E-state index contributed by atoms with van der Waals surface area (Å²) in [5.41, 5.74) is 6.60. The number of rotatable bonds is 5. The number of carboxylic acid groups (broad SMARTS) is 1. The van der Waals surface area contributed by atoms with Crippen LogP contribution in [0.15, 0.2) is 0 Å².